The molecule has 0 fully saturated rings. The molecule has 0 N–H and O–H groups in total. The summed E-state index contributed by atoms with van der Waals surface area (Å²) in [5, 5.41) is 7.94. The van der Waals surface area contributed by atoms with E-state index in [1.54, 1.807) is 28.9 Å². The Kier molecular flexibility index (Phi) is 2.94. The SMILES string of the molecule is O=C(OCn1nnc2ccccc21)c1ccccc1. The first-order chi connectivity index (χ1) is 9.34. The van der Waals surface area contributed by atoms with Crippen molar-refractivity contribution in [3.05, 3.63) is 60.2 Å². The van der Waals surface area contributed by atoms with E-state index >= 15 is 0 Å². The van der Waals surface area contributed by atoms with Crippen LogP contribution in [0.3, 0.4) is 0 Å². The molecule has 94 valence electrons. The van der Waals surface area contributed by atoms with Gasteiger partial charge in [-0.2, -0.15) is 0 Å². The van der Waals surface area contributed by atoms with Gasteiger partial charge in [0.15, 0.2) is 6.73 Å². The number of carbonyl (C=O) groups excluding carboxylic acids is 1. The number of fused-ring (bicyclic) bond motifs is 1. The zero-order valence-electron chi connectivity index (χ0n) is 10.1. The Balaban J connectivity index is 1.75. The van der Waals surface area contributed by atoms with Gasteiger partial charge in [0.25, 0.3) is 0 Å². The van der Waals surface area contributed by atoms with Crippen molar-refractivity contribution in [2.75, 3.05) is 0 Å². The van der Waals surface area contributed by atoms with E-state index in [-0.39, 0.29) is 12.7 Å². The van der Waals surface area contributed by atoms with Crippen LogP contribution in [0.2, 0.25) is 0 Å². The van der Waals surface area contributed by atoms with E-state index in [2.05, 4.69) is 10.3 Å². The molecule has 0 aliphatic carbocycles. The van der Waals surface area contributed by atoms with Gasteiger partial charge in [0.2, 0.25) is 0 Å². The topological polar surface area (TPSA) is 57.0 Å². The quantitative estimate of drug-likeness (QED) is 0.672. The Morgan fingerprint density at radius 1 is 1.05 bits per heavy atom. The van der Waals surface area contributed by atoms with Crippen LogP contribution in [0.1, 0.15) is 10.4 Å². The highest BCUT2D eigenvalue weighted by Crippen LogP contribution is 2.10. The molecule has 3 rings (SSSR count). The first-order valence-corrected chi connectivity index (χ1v) is 5.85. The summed E-state index contributed by atoms with van der Waals surface area (Å²) >= 11 is 0. The minimum Gasteiger partial charge on any atom is -0.439 e. The minimum absolute atomic E-state index is 0.0498. The second-order valence-corrected chi connectivity index (χ2v) is 4.00. The fourth-order valence-corrected chi connectivity index (χ4v) is 1.79. The first-order valence-electron chi connectivity index (χ1n) is 5.85. The highest BCUT2D eigenvalue weighted by molar-refractivity contribution is 5.89. The van der Waals surface area contributed by atoms with Crippen molar-refractivity contribution in [1.29, 1.82) is 0 Å². The zero-order chi connectivity index (χ0) is 13.1. The number of para-hydroxylation sites is 1. The van der Waals surface area contributed by atoms with Gasteiger partial charge in [-0.15, -0.1) is 5.10 Å². The van der Waals surface area contributed by atoms with Crippen molar-refractivity contribution in [1.82, 2.24) is 15.0 Å². The molecule has 0 bridgehead atoms. The lowest BCUT2D eigenvalue weighted by Crippen LogP contribution is -2.10. The molecule has 5 nitrogen and oxygen atoms in total. The molecule has 0 unspecified atom stereocenters. The highest BCUT2D eigenvalue weighted by Gasteiger charge is 2.08. The van der Waals surface area contributed by atoms with Crippen LogP contribution in [0.5, 0.6) is 0 Å². The van der Waals surface area contributed by atoms with Gasteiger partial charge >= 0.3 is 5.97 Å². The van der Waals surface area contributed by atoms with Crippen LogP contribution in [-0.4, -0.2) is 21.0 Å². The fraction of sp³-hybridized carbons (Fsp3) is 0.0714. The largest absolute Gasteiger partial charge is 0.439 e. The van der Waals surface area contributed by atoms with Crippen molar-refractivity contribution >= 4 is 17.0 Å². The van der Waals surface area contributed by atoms with Crippen LogP contribution >= 0.6 is 0 Å². The molecule has 0 amide bonds. The molecular weight excluding hydrogens is 242 g/mol. The Morgan fingerprint density at radius 2 is 1.79 bits per heavy atom. The lowest BCUT2D eigenvalue weighted by atomic mass is 10.2. The number of esters is 1. The van der Waals surface area contributed by atoms with E-state index in [0.29, 0.717) is 5.56 Å². The molecule has 1 heterocycles. The number of hydrogen-bond acceptors (Lipinski definition) is 4. The monoisotopic (exact) mass is 253 g/mol. The number of carbonyl (C=O) groups is 1. The lowest BCUT2D eigenvalue weighted by molar-refractivity contribution is 0.0355. The van der Waals surface area contributed by atoms with E-state index in [0.717, 1.165) is 11.0 Å². The molecule has 0 spiro atoms. The normalized spacial score (nSPS) is 10.5. The Morgan fingerprint density at radius 3 is 2.63 bits per heavy atom. The molecule has 0 aliphatic rings. The van der Waals surface area contributed by atoms with Crippen LogP contribution in [0, 0.1) is 0 Å². The molecule has 5 heteroatoms. The number of rotatable bonds is 3. The van der Waals surface area contributed by atoms with Gasteiger partial charge in [0, 0.05) is 0 Å². The van der Waals surface area contributed by atoms with Gasteiger partial charge in [-0.25, -0.2) is 9.48 Å². The summed E-state index contributed by atoms with van der Waals surface area (Å²) in [6.45, 7) is 0.0498. The van der Waals surface area contributed by atoms with E-state index in [9.17, 15) is 4.79 Å². The second-order valence-electron chi connectivity index (χ2n) is 4.00. The molecule has 2 aromatic carbocycles. The summed E-state index contributed by atoms with van der Waals surface area (Å²) in [6, 6.07) is 16.4. The van der Waals surface area contributed by atoms with Crippen LogP contribution < -0.4 is 0 Å². The van der Waals surface area contributed by atoms with Crippen molar-refractivity contribution in [3.63, 3.8) is 0 Å². The van der Waals surface area contributed by atoms with Crippen molar-refractivity contribution in [2.45, 2.75) is 6.73 Å². The summed E-state index contributed by atoms with van der Waals surface area (Å²) in [7, 11) is 0. The van der Waals surface area contributed by atoms with Crippen LogP contribution in [-0.2, 0) is 11.5 Å². The molecule has 0 atom stereocenters. The summed E-state index contributed by atoms with van der Waals surface area (Å²) < 4.78 is 6.75. The third-order valence-corrected chi connectivity index (χ3v) is 2.75. The maximum atomic E-state index is 11.8. The predicted molar refractivity (Wildman–Crippen MR) is 69.4 cm³/mol. The van der Waals surface area contributed by atoms with Gasteiger partial charge in [-0.1, -0.05) is 35.5 Å². The van der Waals surface area contributed by atoms with Crippen LogP contribution in [0.15, 0.2) is 54.6 Å². The third kappa shape index (κ3) is 2.30. The summed E-state index contributed by atoms with van der Waals surface area (Å²) in [6.07, 6.45) is 0. The molecular formula is C14H11N3O2. The summed E-state index contributed by atoms with van der Waals surface area (Å²) in [5.41, 5.74) is 2.13. The number of nitrogens with zero attached hydrogens (tertiary/aromatic N) is 3. The number of benzene rings is 2. The van der Waals surface area contributed by atoms with Gasteiger partial charge in [0.1, 0.15) is 5.52 Å². The third-order valence-electron chi connectivity index (χ3n) is 2.75. The lowest BCUT2D eigenvalue weighted by Gasteiger charge is -2.04. The van der Waals surface area contributed by atoms with Crippen LogP contribution in [0.4, 0.5) is 0 Å². The molecule has 0 saturated carbocycles. The Bertz CT molecular complexity index is 707. The molecule has 3 aromatic rings. The Labute approximate surface area is 109 Å². The zero-order valence-corrected chi connectivity index (χ0v) is 10.1. The van der Waals surface area contributed by atoms with E-state index < -0.39 is 0 Å². The minimum atomic E-state index is -0.375. The van der Waals surface area contributed by atoms with Gasteiger partial charge in [-0.05, 0) is 24.3 Å². The van der Waals surface area contributed by atoms with Crippen molar-refractivity contribution < 1.29 is 9.53 Å². The van der Waals surface area contributed by atoms with Gasteiger partial charge < -0.3 is 4.74 Å². The van der Waals surface area contributed by atoms with E-state index in [1.807, 2.05) is 30.3 Å². The van der Waals surface area contributed by atoms with Gasteiger partial charge in [-0.3, -0.25) is 0 Å². The molecule has 0 saturated heterocycles. The first kappa shape index (κ1) is 11.4. The maximum absolute atomic E-state index is 11.8. The van der Waals surface area contributed by atoms with Crippen LogP contribution in [0.25, 0.3) is 11.0 Å². The van der Waals surface area contributed by atoms with Crippen molar-refractivity contribution in [2.24, 2.45) is 0 Å². The standard InChI is InChI=1S/C14H11N3O2/c18-14(11-6-2-1-3-7-11)19-10-17-13-9-5-4-8-12(13)15-16-17/h1-9H,10H2. The summed E-state index contributed by atoms with van der Waals surface area (Å²) in [4.78, 5) is 11.8. The second kappa shape index (κ2) is 4.89. The molecule has 19 heavy (non-hydrogen) atoms. The maximum Gasteiger partial charge on any atom is 0.339 e. The van der Waals surface area contributed by atoms with E-state index in [4.69, 9.17) is 4.74 Å². The fourth-order valence-electron chi connectivity index (χ4n) is 1.79. The number of hydrogen-bond donors (Lipinski definition) is 0. The van der Waals surface area contributed by atoms with Gasteiger partial charge in [0.05, 0.1) is 11.1 Å². The average molecular weight is 253 g/mol. The van der Waals surface area contributed by atoms with Crippen molar-refractivity contribution in [3.8, 4) is 0 Å². The number of ether oxygens (including phenoxy) is 1. The Hall–Kier alpha value is -2.69. The number of aromatic nitrogens is 3. The highest BCUT2D eigenvalue weighted by atomic mass is 16.5. The molecule has 1 aromatic heterocycles. The molecule has 0 aliphatic heterocycles. The summed E-state index contributed by atoms with van der Waals surface area (Å²) in [5.74, 6) is -0.375. The smallest absolute Gasteiger partial charge is 0.339 e. The molecule has 0 radical (unpaired) electrons. The predicted octanol–water partition coefficient (Wildman–Crippen LogP) is 2.25. The average Bonchev–Trinajstić information content (AvgIpc) is 2.89. The van der Waals surface area contributed by atoms with E-state index in [1.165, 1.54) is 0 Å².